The number of aromatic amines is 1. The molecule has 0 saturated heterocycles. The first-order valence-corrected chi connectivity index (χ1v) is 8.58. The highest BCUT2D eigenvalue weighted by atomic mass is 16.5. The molecule has 0 unspecified atom stereocenters. The van der Waals surface area contributed by atoms with Crippen LogP contribution in [0.3, 0.4) is 0 Å². The number of nitrogens with one attached hydrogen (secondary N) is 1. The molecule has 0 radical (unpaired) electrons. The number of nitrogens with two attached hydrogens (primary N) is 1. The zero-order valence-corrected chi connectivity index (χ0v) is 13.7. The second-order valence-electron chi connectivity index (χ2n) is 5.82. The molecule has 1 aromatic heterocycles. The number of hydrogen-bond donors (Lipinski definition) is 2. The molecule has 1 rings (SSSR count). The van der Waals surface area contributed by atoms with E-state index in [0.29, 0.717) is 6.54 Å². The van der Waals surface area contributed by atoms with Gasteiger partial charge in [0, 0.05) is 38.4 Å². The van der Waals surface area contributed by atoms with Gasteiger partial charge in [-0.3, -0.25) is 0 Å². The molecule has 21 heavy (non-hydrogen) atoms. The molecule has 0 aliphatic heterocycles. The minimum absolute atomic E-state index is 0.688. The third kappa shape index (κ3) is 9.64. The van der Waals surface area contributed by atoms with E-state index in [-0.39, 0.29) is 0 Å². The molecule has 0 bridgehead atoms. The van der Waals surface area contributed by atoms with Gasteiger partial charge in [0.2, 0.25) is 0 Å². The zero-order valence-electron chi connectivity index (χ0n) is 13.7. The molecule has 1 heterocycles. The van der Waals surface area contributed by atoms with E-state index in [1.54, 1.807) is 7.11 Å². The Labute approximate surface area is 129 Å². The maximum Gasteiger partial charge on any atom is 0.106 e. The SMILES string of the molecule is COCCCCCCCCCCCc1ncc(CCN)[nH]1. The second kappa shape index (κ2) is 12.8. The smallest absolute Gasteiger partial charge is 0.106 e. The van der Waals surface area contributed by atoms with E-state index in [0.717, 1.165) is 25.3 Å². The maximum absolute atomic E-state index is 5.53. The van der Waals surface area contributed by atoms with Crippen LogP contribution in [0.25, 0.3) is 0 Å². The summed E-state index contributed by atoms with van der Waals surface area (Å²) in [4.78, 5) is 7.74. The Kier molecular flexibility index (Phi) is 11.1. The van der Waals surface area contributed by atoms with Crippen LogP contribution in [0.5, 0.6) is 0 Å². The second-order valence-corrected chi connectivity index (χ2v) is 5.82. The lowest BCUT2D eigenvalue weighted by atomic mass is 10.1. The van der Waals surface area contributed by atoms with Crippen LogP contribution < -0.4 is 5.73 Å². The van der Waals surface area contributed by atoms with Crippen molar-refractivity contribution in [2.24, 2.45) is 5.73 Å². The predicted octanol–water partition coefficient (Wildman–Crippen LogP) is 3.61. The van der Waals surface area contributed by atoms with E-state index >= 15 is 0 Å². The van der Waals surface area contributed by atoms with Crippen LogP contribution in [0.4, 0.5) is 0 Å². The van der Waals surface area contributed by atoms with Gasteiger partial charge in [0.25, 0.3) is 0 Å². The minimum atomic E-state index is 0.688. The van der Waals surface area contributed by atoms with E-state index in [2.05, 4.69) is 9.97 Å². The number of unbranched alkanes of at least 4 members (excludes halogenated alkanes) is 8. The van der Waals surface area contributed by atoms with Crippen molar-refractivity contribution in [2.45, 2.75) is 70.6 Å². The summed E-state index contributed by atoms with van der Waals surface area (Å²) in [5.74, 6) is 1.12. The van der Waals surface area contributed by atoms with Gasteiger partial charge in [0.1, 0.15) is 5.82 Å². The Morgan fingerprint density at radius 3 is 2.19 bits per heavy atom. The van der Waals surface area contributed by atoms with Gasteiger partial charge in [0.05, 0.1) is 0 Å². The fraction of sp³-hybridized carbons (Fsp3) is 0.824. The monoisotopic (exact) mass is 295 g/mol. The van der Waals surface area contributed by atoms with Crippen molar-refractivity contribution in [1.82, 2.24) is 9.97 Å². The van der Waals surface area contributed by atoms with Crippen molar-refractivity contribution < 1.29 is 4.74 Å². The van der Waals surface area contributed by atoms with Gasteiger partial charge in [-0.15, -0.1) is 0 Å². The van der Waals surface area contributed by atoms with E-state index < -0.39 is 0 Å². The molecule has 0 aliphatic carbocycles. The molecule has 0 aromatic carbocycles. The average Bonchev–Trinajstić information content (AvgIpc) is 2.93. The van der Waals surface area contributed by atoms with Gasteiger partial charge in [-0.05, 0) is 19.4 Å². The largest absolute Gasteiger partial charge is 0.385 e. The van der Waals surface area contributed by atoms with Crippen molar-refractivity contribution >= 4 is 0 Å². The van der Waals surface area contributed by atoms with Crippen molar-refractivity contribution in [3.63, 3.8) is 0 Å². The van der Waals surface area contributed by atoms with Gasteiger partial charge in [-0.2, -0.15) is 0 Å². The molecule has 0 atom stereocenters. The number of methoxy groups -OCH3 is 1. The topological polar surface area (TPSA) is 63.9 Å². The number of aromatic nitrogens is 2. The summed E-state index contributed by atoms with van der Waals surface area (Å²) in [6.45, 7) is 1.60. The number of imidazole rings is 1. The van der Waals surface area contributed by atoms with Gasteiger partial charge >= 0.3 is 0 Å². The lowest BCUT2D eigenvalue weighted by Crippen LogP contribution is -2.02. The van der Waals surface area contributed by atoms with Crippen molar-refractivity contribution in [2.75, 3.05) is 20.3 Å². The summed E-state index contributed by atoms with van der Waals surface area (Å²) in [5.41, 5.74) is 6.70. The molecule has 1 aromatic rings. The normalized spacial score (nSPS) is 11.1. The fourth-order valence-electron chi connectivity index (χ4n) is 2.59. The molecule has 3 N–H and O–H groups in total. The number of aryl methyl sites for hydroxylation is 1. The predicted molar refractivity (Wildman–Crippen MR) is 88.5 cm³/mol. The highest BCUT2D eigenvalue weighted by Gasteiger charge is 2.00. The fourth-order valence-corrected chi connectivity index (χ4v) is 2.59. The Hall–Kier alpha value is -0.870. The molecule has 0 fully saturated rings. The summed E-state index contributed by atoms with van der Waals surface area (Å²) < 4.78 is 5.05. The Balaban J connectivity index is 1.86. The maximum atomic E-state index is 5.53. The Bertz CT molecular complexity index is 339. The molecule has 0 saturated carbocycles. The van der Waals surface area contributed by atoms with Crippen LogP contribution >= 0.6 is 0 Å². The summed E-state index contributed by atoms with van der Waals surface area (Å²) in [5, 5.41) is 0. The van der Waals surface area contributed by atoms with E-state index in [4.69, 9.17) is 10.5 Å². The summed E-state index contributed by atoms with van der Waals surface area (Å²) in [7, 11) is 1.78. The van der Waals surface area contributed by atoms with E-state index in [9.17, 15) is 0 Å². The van der Waals surface area contributed by atoms with Gasteiger partial charge in [-0.1, -0.05) is 44.9 Å². The third-order valence-electron chi connectivity index (χ3n) is 3.86. The van der Waals surface area contributed by atoms with E-state index in [1.165, 1.54) is 63.5 Å². The number of H-pyrrole nitrogens is 1. The first-order chi connectivity index (χ1) is 10.4. The van der Waals surface area contributed by atoms with Crippen LogP contribution in [-0.4, -0.2) is 30.2 Å². The molecule has 0 spiro atoms. The minimum Gasteiger partial charge on any atom is -0.385 e. The van der Waals surface area contributed by atoms with Crippen molar-refractivity contribution in [3.8, 4) is 0 Å². The molecule has 4 heteroatoms. The lowest BCUT2D eigenvalue weighted by molar-refractivity contribution is 0.192. The molecule has 0 aliphatic rings. The molecular weight excluding hydrogens is 262 g/mol. The highest BCUT2D eigenvalue weighted by molar-refractivity contribution is 5.01. The van der Waals surface area contributed by atoms with Gasteiger partial charge in [0.15, 0.2) is 0 Å². The first-order valence-electron chi connectivity index (χ1n) is 8.58. The highest BCUT2D eigenvalue weighted by Crippen LogP contribution is 2.11. The number of rotatable bonds is 14. The number of nitrogens with zero attached hydrogens (tertiary/aromatic N) is 1. The van der Waals surface area contributed by atoms with Crippen LogP contribution in [0.1, 0.15) is 69.3 Å². The molecule has 4 nitrogen and oxygen atoms in total. The lowest BCUT2D eigenvalue weighted by Gasteiger charge is -2.02. The van der Waals surface area contributed by atoms with E-state index in [1.807, 2.05) is 6.20 Å². The van der Waals surface area contributed by atoms with Gasteiger partial charge < -0.3 is 15.5 Å². The van der Waals surface area contributed by atoms with Crippen LogP contribution in [-0.2, 0) is 17.6 Å². The van der Waals surface area contributed by atoms with Crippen molar-refractivity contribution in [3.05, 3.63) is 17.7 Å². The van der Waals surface area contributed by atoms with Crippen LogP contribution in [0.15, 0.2) is 6.20 Å². The Morgan fingerprint density at radius 2 is 1.57 bits per heavy atom. The zero-order chi connectivity index (χ0) is 15.2. The molecule has 122 valence electrons. The Morgan fingerprint density at radius 1 is 0.952 bits per heavy atom. The van der Waals surface area contributed by atoms with Crippen LogP contribution in [0, 0.1) is 0 Å². The summed E-state index contributed by atoms with van der Waals surface area (Å²) >= 11 is 0. The quantitative estimate of drug-likeness (QED) is 0.515. The average molecular weight is 295 g/mol. The number of ether oxygens (including phenoxy) is 1. The molecular formula is C17H33N3O. The standard InChI is InChI=1S/C17H33N3O/c1-21-14-10-8-6-4-2-3-5-7-9-11-17-19-15-16(20-17)12-13-18/h15H,2-14,18H2,1H3,(H,19,20). The van der Waals surface area contributed by atoms with Gasteiger partial charge in [-0.25, -0.2) is 4.98 Å². The molecule has 0 amide bonds. The van der Waals surface area contributed by atoms with Crippen molar-refractivity contribution in [1.29, 1.82) is 0 Å². The first kappa shape index (κ1) is 18.2. The third-order valence-corrected chi connectivity index (χ3v) is 3.86. The number of hydrogen-bond acceptors (Lipinski definition) is 3. The summed E-state index contributed by atoms with van der Waals surface area (Å²) in [6, 6.07) is 0. The summed E-state index contributed by atoms with van der Waals surface area (Å²) in [6.07, 6.45) is 15.8. The van der Waals surface area contributed by atoms with Crippen LogP contribution in [0.2, 0.25) is 0 Å².